The standard InChI is InChI=1S/C13H13ClN4/c14-13-16-7-11(15)12(17-13)18-6-5-9-3-1-2-4-10(9)8-18/h1-4,7H,5-6,8,15H2. The van der Waals surface area contributed by atoms with Crippen molar-refractivity contribution in [1.82, 2.24) is 9.97 Å². The predicted molar refractivity (Wildman–Crippen MR) is 72.7 cm³/mol. The molecular formula is C13H13ClN4. The first kappa shape index (κ1) is 11.3. The van der Waals surface area contributed by atoms with Crippen LogP contribution in [0.1, 0.15) is 11.1 Å². The van der Waals surface area contributed by atoms with Crippen molar-refractivity contribution < 1.29 is 0 Å². The van der Waals surface area contributed by atoms with Crippen molar-refractivity contribution in [2.45, 2.75) is 13.0 Å². The summed E-state index contributed by atoms with van der Waals surface area (Å²) in [6, 6.07) is 8.44. The summed E-state index contributed by atoms with van der Waals surface area (Å²) in [5.41, 5.74) is 9.20. The largest absolute Gasteiger partial charge is 0.394 e. The van der Waals surface area contributed by atoms with E-state index in [9.17, 15) is 0 Å². The van der Waals surface area contributed by atoms with E-state index >= 15 is 0 Å². The summed E-state index contributed by atoms with van der Waals surface area (Å²) in [7, 11) is 0. The van der Waals surface area contributed by atoms with E-state index in [1.165, 1.54) is 11.1 Å². The Bertz CT molecular complexity index is 585. The molecule has 0 atom stereocenters. The van der Waals surface area contributed by atoms with E-state index in [2.05, 4.69) is 39.1 Å². The average Bonchev–Trinajstić information content (AvgIpc) is 2.41. The fraction of sp³-hybridized carbons (Fsp3) is 0.231. The van der Waals surface area contributed by atoms with Crippen LogP contribution in [0.25, 0.3) is 0 Å². The topological polar surface area (TPSA) is 55.0 Å². The molecule has 3 rings (SSSR count). The highest BCUT2D eigenvalue weighted by atomic mass is 35.5. The first-order chi connectivity index (χ1) is 8.74. The third-order valence-electron chi connectivity index (χ3n) is 3.20. The molecule has 5 heteroatoms. The maximum Gasteiger partial charge on any atom is 0.224 e. The smallest absolute Gasteiger partial charge is 0.224 e. The molecule has 0 amide bonds. The highest BCUT2D eigenvalue weighted by molar-refractivity contribution is 6.28. The Balaban J connectivity index is 1.94. The van der Waals surface area contributed by atoms with Gasteiger partial charge in [0.25, 0.3) is 0 Å². The summed E-state index contributed by atoms with van der Waals surface area (Å²) in [4.78, 5) is 10.2. The molecule has 2 N–H and O–H groups in total. The molecule has 2 aromatic rings. The van der Waals surface area contributed by atoms with Crippen LogP contribution in [0.15, 0.2) is 30.5 Å². The number of aromatic nitrogens is 2. The molecule has 4 nitrogen and oxygen atoms in total. The highest BCUT2D eigenvalue weighted by Gasteiger charge is 2.19. The van der Waals surface area contributed by atoms with E-state index < -0.39 is 0 Å². The summed E-state index contributed by atoms with van der Waals surface area (Å²) in [5.74, 6) is 0.726. The van der Waals surface area contributed by atoms with Crippen molar-refractivity contribution in [2.24, 2.45) is 0 Å². The SMILES string of the molecule is Nc1cnc(Cl)nc1N1CCc2ccccc2C1. The van der Waals surface area contributed by atoms with Crippen molar-refractivity contribution in [1.29, 1.82) is 0 Å². The van der Waals surface area contributed by atoms with Crippen LogP contribution in [-0.2, 0) is 13.0 Å². The van der Waals surface area contributed by atoms with Gasteiger partial charge in [0.1, 0.15) is 0 Å². The Labute approximate surface area is 110 Å². The second-order valence-electron chi connectivity index (χ2n) is 4.36. The van der Waals surface area contributed by atoms with Gasteiger partial charge in [0, 0.05) is 13.1 Å². The Hall–Kier alpha value is -1.81. The van der Waals surface area contributed by atoms with Crippen LogP contribution in [0.5, 0.6) is 0 Å². The maximum atomic E-state index is 5.91. The van der Waals surface area contributed by atoms with Crippen LogP contribution in [0.3, 0.4) is 0 Å². The summed E-state index contributed by atoms with van der Waals surface area (Å²) in [5, 5.41) is 0.234. The van der Waals surface area contributed by atoms with Crippen molar-refractivity contribution in [3.05, 3.63) is 46.9 Å². The van der Waals surface area contributed by atoms with Gasteiger partial charge in [0.05, 0.1) is 11.9 Å². The van der Waals surface area contributed by atoms with Gasteiger partial charge in [-0.15, -0.1) is 0 Å². The van der Waals surface area contributed by atoms with E-state index in [1.807, 2.05) is 0 Å². The molecule has 0 bridgehead atoms. The molecule has 2 heterocycles. The van der Waals surface area contributed by atoms with Gasteiger partial charge < -0.3 is 10.6 Å². The Kier molecular flexibility index (Phi) is 2.80. The third kappa shape index (κ3) is 1.99. The number of benzene rings is 1. The number of nitrogens with two attached hydrogens (primary N) is 1. The quantitative estimate of drug-likeness (QED) is 0.800. The number of hydrogen-bond donors (Lipinski definition) is 1. The molecule has 1 aromatic heterocycles. The maximum absolute atomic E-state index is 5.91. The van der Waals surface area contributed by atoms with Gasteiger partial charge >= 0.3 is 0 Å². The van der Waals surface area contributed by atoms with Gasteiger partial charge in [-0.05, 0) is 29.1 Å². The Morgan fingerprint density at radius 1 is 1.22 bits per heavy atom. The summed E-state index contributed by atoms with van der Waals surface area (Å²) in [6.07, 6.45) is 2.56. The fourth-order valence-electron chi connectivity index (χ4n) is 2.29. The number of halogens is 1. The number of anilines is 2. The van der Waals surface area contributed by atoms with Gasteiger partial charge in [0.15, 0.2) is 5.82 Å². The van der Waals surface area contributed by atoms with Crippen LogP contribution in [-0.4, -0.2) is 16.5 Å². The molecule has 0 unspecified atom stereocenters. The minimum atomic E-state index is 0.234. The zero-order valence-electron chi connectivity index (χ0n) is 9.81. The van der Waals surface area contributed by atoms with Gasteiger partial charge in [-0.3, -0.25) is 0 Å². The lowest BCUT2D eigenvalue weighted by atomic mass is 10.00. The van der Waals surface area contributed by atoms with Gasteiger partial charge in [-0.25, -0.2) is 4.98 Å². The highest BCUT2D eigenvalue weighted by Crippen LogP contribution is 2.27. The Morgan fingerprint density at radius 2 is 2.00 bits per heavy atom. The van der Waals surface area contributed by atoms with E-state index in [1.54, 1.807) is 6.20 Å². The van der Waals surface area contributed by atoms with Gasteiger partial charge in [-0.1, -0.05) is 24.3 Å². The van der Waals surface area contributed by atoms with Crippen LogP contribution in [0, 0.1) is 0 Å². The van der Waals surface area contributed by atoms with Gasteiger partial charge in [0.2, 0.25) is 5.28 Å². The molecule has 1 aromatic carbocycles. The van der Waals surface area contributed by atoms with Gasteiger partial charge in [-0.2, -0.15) is 4.98 Å². The molecule has 18 heavy (non-hydrogen) atoms. The first-order valence-corrected chi connectivity index (χ1v) is 6.21. The van der Waals surface area contributed by atoms with Crippen LogP contribution in [0.4, 0.5) is 11.5 Å². The van der Waals surface area contributed by atoms with E-state index in [4.69, 9.17) is 17.3 Å². The molecule has 0 saturated carbocycles. The lowest BCUT2D eigenvalue weighted by Gasteiger charge is -2.30. The molecule has 0 radical (unpaired) electrons. The molecule has 0 saturated heterocycles. The summed E-state index contributed by atoms with van der Waals surface area (Å²) in [6.45, 7) is 1.71. The van der Waals surface area contributed by atoms with Crippen molar-refractivity contribution >= 4 is 23.1 Å². The number of fused-ring (bicyclic) bond motifs is 1. The van der Waals surface area contributed by atoms with Crippen molar-refractivity contribution in [2.75, 3.05) is 17.2 Å². The van der Waals surface area contributed by atoms with Crippen LogP contribution < -0.4 is 10.6 Å². The second-order valence-corrected chi connectivity index (χ2v) is 4.70. The van der Waals surface area contributed by atoms with Crippen LogP contribution in [0.2, 0.25) is 5.28 Å². The number of nitrogen functional groups attached to an aromatic ring is 1. The molecule has 0 fully saturated rings. The number of hydrogen-bond acceptors (Lipinski definition) is 4. The lowest BCUT2D eigenvalue weighted by Crippen LogP contribution is -2.31. The normalized spacial score (nSPS) is 14.4. The first-order valence-electron chi connectivity index (χ1n) is 5.84. The summed E-state index contributed by atoms with van der Waals surface area (Å²) < 4.78 is 0. The molecular weight excluding hydrogens is 248 g/mol. The zero-order valence-corrected chi connectivity index (χ0v) is 10.6. The average molecular weight is 261 g/mol. The van der Waals surface area contributed by atoms with E-state index in [0.717, 1.165) is 25.3 Å². The minimum absolute atomic E-state index is 0.234. The lowest BCUT2D eigenvalue weighted by molar-refractivity contribution is 0.720. The molecule has 1 aliphatic heterocycles. The molecule has 92 valence electrons. The second kappa shape index (κ2) is 4.46. The zero-order chi connectivity index (χ0) is 12.5. The van der Waals surface area contributed by atoms with E-state index in [-0.39, 0.29) is 5.28 Å². The minimum Gasteiger partial charge on any atom is -0.394 e. The van der Waals surface area contributed by atoms with E-state index in [0.29, 0.717) is 5.69 Å². The van der Waals surface area contributed by atoms with Crippen molar-refractivity contribution in [3.63, 3.8) is 0 Å². The third-order valence-corrected chi connectivity index (χ3v) is 3.38. The van der Waals surface area contributed by atoms with Crippen LogP contribution >= 0.6 is 11.6 Å². The predicted octanol–water partition coefficient (Wildman–Crippen LogP) is 2.27. The monoisotopic (exact) mass is 260 g/mol. The molecule has 0 spiro atoms. The summed E-state index contributed by atoms with van der Waals surface area (Å²) >= 11 is 5.83. The van der Waals surface area contributed by atoms with Crippen molar-refractivity contribution in [3.8, 4) is 0 Å². The molecule has 1 aliphatic rings. The fourth-order valence-corrected chi connectivity index (χ4v) is 2.42. The molecule has 0 aliphatic carbocycles. The number of rotatable bonds is 1. The number of nitrogens with zero attached hydrogens (tertiary/aromatic N) is 3. The Morgan fingerprint density at radius 3 is 2.83 bits per heavy atom.